The standard InChI is InChI=1S/C14H20Cl2N2O2S/c1-17(11-13-6-2-3-7-14(13)16)21(19,20)18-8-4-5-12(9-15)10-18/h2-3,6-7,12H,4-5,8-11H2,1H3. The second kappa shape index (κ2) is 7.29. The largest absolute Gasteiger partial charge is 0.282 e. The molecule has 2 rings (SSSR count). The highest BCUT2D eigenvalue weighted by molar-refractivity contribution is 7.86. The van der Waals surface area contributed by atoms with Gasteiger partial charge in [0.15, 0.2) is 0 Å². The number of nitrogens with zero attached hydrogens (tertiary/aromatic N) is 2. The molecule has 1 atom stereocenters. The molecule has 0 spiro atoms. The van der Waals surface area contributed by atoms with Gasteiger partial charge in [0.2, 0.25) is 0 Å². The molecule has 7 heteroatoms. The number of hydrogen-bond donors (Lipinski definition) is 0. The van der Waals surface area contributed by atoms with Crippen molar-refractivity contribution in [3.8, 4) is 0 Å². The van der Waals surface area contributed by atoms with Crippen LogP contribution in [0.4, 0.5) is 0 Å². The molecular formula is C14H20Cl2N2O2S. The lowest BCUT2D eigenvalue weighted by atomic mass is 10.0. The first-order valence-electron chi connectivity index (χ1n) is 6.96. The van der Waals surface area contributed by atoms with E-state index in [1.165, 1.54) is 8.61 Å². The maximum absolute atomic E-state index is 12.6. The third-order valence-electron chi connectivity index (χ3n) is 3.77. The van der Waals surface area contributed by atoms with Gasteiger partial charge in [-0.05, 0) is 30.4 Å². The summed E-state index contributed by atoms with van der Waals surface area (Å²) in [7, 11) is -1.88. The number of alkyl halides is 1. The molecule has 0 N–H and O–H groups in total. The molecule has 1 aliphatic heterocycles. The molecule has 118 valence electrons. The fourth-order valence-electron chi connectivity index (χ4n) is 2.51. The molecule has 4 nitrogen and oxygen atoms in total. The number of hydrogen-bond acceptors (Lipinski definition) is 2. The maximum Gasteiger partial charge on any atom is 0.282 e. The normalized spacial score (nSPS) is 20.9. The van der Waals surface area contributed by atoms with Crippen molar-refractivity contribution < 1.29 is 8.42 Å². The molecule has 1 aromatic carbocycles. The van der Waals surface area contributed by atoms with E-state index in [-0.39, 0.29) is 12.5 Å². The lowest BCUT2D eigenvalue weighted by molar-refractivity contribution is 0.265. The Bertz CT molecular complexity index is 580. The highest BCUT2D eigenvalue weighted by Crippen LogP contribution is 2.23. The van der Waals surface area contributed by atoms with Gasteiger partial charge in [-0.25, -0.2) is 0 Å². The van der Waals surface area contributed by atoms with Crippen LogP contribution in [0.3, 0.4) is 0 Å². The van der Waals surface area contributed by atoms with Crippen LogP contribution in [0.25, 0.3) is 0 Å². The van der Waals surface area contributed by atoms with Crippen molar-refractivity contribution in [1.29, 1.82) is 0 Å². The monoisotopic (exact) mass is 350 g/mol. The molecule has 21 heavy (non-hydrogen) atoms. The average Bonchev–Trinajstić information content (AvgIpc) is 2.49. The summed E-state index contributed by atoms with van der Waals surface area (Å²) in [5.41, 5.74) is 0.802. The van der Waals surface area contributed by atoms with Crippen molar-refractivity contribution in [2.45, 2.75) is 19.4 Å². The SMILES string of the molecule is CN(Cc1ccccc1Cl)S(=O)(=O)N1CCCC(CCl)C1. The predicted molar refractivity (Wildman–Crippen MR) is 86.9 cm³/mol. The Kier molecular flexibility index (Phi) is 5.91. The van der Waals surface area contributed by atoms with E-state index in [9.17, 15) is 8.42 Å². The van der Waals surface area contributed by atoms with Crippen LogP contribution >= 0.6 is 23.2 Å². The van der Waals surface area contributed by atoms with E-state index in [0.29, 0.717) is 24.0 Å². The molecule has 0 aliphatic carbocycles. The molecule has 0 aromatic heterocycles. The minimum atomic E-state index is -3.47. The van der Waals surface area contributed by atoms with Gasteiger partial charge in [0.05, 0.1) is 0 Å². The topological polar surface area (TPSA) is 40.6 Å². The third kappa shape index (κ3) is 4.11. The van der Waals surface area contributed by atoms with Crippen LogP contribution in [0.15, 0.2) is 24.3 Å². The summed E-state index contributed by atoms with van der Waals surface area (Å²) in [5, 5.41) is 0.580. The van der Waals surface area contributed by atoms with Crippen molar-refractivity contribution in [3.63, 3.8) is 0 Å². The quantitative estimate of drug-likeness (QED) is 0.766. The maximum atomic E-state index is 12.6. The highest BCUT2D eigenvalue weighted by Gasteiger charge is 2.31. The summed E-state index contributed by atoms with van der Waals surface area (Å²) >= 11 is 12.0. The molecule has 1 aromatic rings. The van der Waals surface area contributed by atoms with Gasteiger partial charge in [-0.1, -0.05) is 29.8 Å². The lowest BCUT2D eigenvalue weighted by Crippen LogP contribution is -2.46. The van der Waals surface area contributed by atoms with Gasteiger partial charge in [0.1, 0.15) is 0 Å². The molecule has 0 bridgehead atoms. The first-order valence-corrected chi connectivity index (χ1v) is 9.27. The number of benzene rings is 1. The van der Waals surface area contributed by atoms with E-state index in [2.05, 4.69) is 0 Å². The Morgan fingerprint density at radius 1 is 1.38 bits per heavy atom. The van der Waals surface area contributed by atoms with Crippen molar-refractivity contribution in [1.82, 2.24) is 8.61 Å². The predicted octanol–water partition coefficient (Wildman–Crippen LogP) is 2.97. The van der Waals surface area contributed by atoms with E-state index in [1.54, 1.807) is 13.1 Å². The van der Waals surface area contributed by atoms with E-state index in [4.69, 9.17) is 23.2 Å². The molecule has 1 saturated heterocycles. The van der Waals surface area contributed by atoms with Crippen molar-refractivity contribution in [2.75, 3.05) is 26.0 Å². The van der Waals surface area contributed by atoms with Crippen molar-refractivity contribution in [2.24, 2.45) is 5.92 Å². The van der Waals surface area contributed by atoms with Gasteiger partial charge in [0.25, 0.3) is 10.2 Å². The summed E-state index contributed by atoms with van der Waals surface area (Å²) in [5.74, 6) is 0.740. The van der Waals surface area contributed by atoms with Crippen LogP contribution in [0.2, 0.25) is 5.02 Å². The van der Waals surface area contributed by atoms with Crippen LogP contribution in [0.1, 0.15) is 18.4 Å². The smallest absolute Gasteiger partial charge is 0.195 e. The number of halogens is 2. The van der Waals surface area contributed by atoms with E-state index in [1.807, 2.05) is 18.2 Å². The van der Waals surface area contributed by atoms with Crippen molar-refractivity contribution >= 4 is 33.4 Å². The van der Waals surface area contributed by atoms with E-state index >= 15 is 0 Å². The molecule has 0 saturated carbocycles. The zero-order chi connectivity index (χ0) is 15.5. The summed E-state index contributed by atoms with van der Waals surface area (Å²) in [4.78, 5) is 0. The first kappa shape index (κ1) is 17.0. The Morgan fingerprint density at radius 3 is 2.76 bits per heavy atom. The second-order valence-electron chi connectivity index (χ2n) is 5.38. The van der Waals surface area contributed by atoms with Gasteiger partial charge < -0.3 is 0 Å². The lowest BCUT2D eigenvalue weighted by Gasteiger charge is -2.33. The van der Waals surface area contributed by atoms with Gasteiger partial charge in [0, 0.05) is 37.6 Å². The van der Waals surface area contributed by atoms with Crippen LogP contribution in [-0.4, -0.2) is 43.0 Å². The van der Waals surface area contributed by atoms with Crippen LogP contribution in [0.5, 0.6) is 0 Å². The van der Waals surface area contributed by atoms with Gasteiger partial charge in [-0.2, -0.15) is 17.0 Å². The first-order chi connectivity index (χ1) is 9.95. The Labute approximate surface area is 136 Å². The minimum absolute atomic E-state index is 0.240. The zero-order valence-electron chi connectivity index (χ0n) is 12.0. The Morgan fingerprint density at radius 2 is 2.10 bits per heavy atom. The molecule has 1 unspecified atom stereocenters. The number of rotatable bonds is 5. The molecule has 1 heterocycles. The van der Waals surface area contributed by atoms with Crippen LogP contribution in [0, 0.1) is 5.92 Å². The molecule has 1 fully saturated rings. The van der Waals surface area contributed by atoms with Gasteiger partial charge in [-0.15, -0.1) is 11.6 Å². The summed E-state index contributed by atoms with van der Waals surface area (Å²) in [6.07, 6.45) is 1.85. The van der Waals surface area contributed by atoms with E-state index < -0.39 is 10.2 Å². The van der Waals surface area contributed by atoms with Crippen molar-refractivity contribution in [3.05, 3.63) is 34.9 Å². The fraction of sp³-hybridized carbons (Fsp3) is 0.571. The summed E-state index contributed by atoms with van der Waals surface area (Å²) in [6.45, 7) is 1.32. The van der Waals surface area contributed by atoms with Gasteiger partial charge >= 0.3 is 0 Å². The third-order valence-corrected chi connectivity index (χ3v) is 6.48. The minimum Gasteiger partial charge on any atom is -0.195 e. The highest BCUT2D eigenvalue weighted by atomic mass is 35.5. The second-order valence-corrected chi connectivity index (χ2v) is 8.13. The van der Waals surface area contributed by atoms with E-state index in [0.717, 1.165) is 18.4 Å². The Hall–Kier alpha value is -0.330. The zero-order valence-corrected chi connectivity index (χ0v) is 14.3. The Balaban J connectivity index is 2.10. The summed E-state index contributed by atoms with van der Waals surface area (Å²) in [6, 6.07) is 7.29. The fourth-order valence-corrected chi connectivity index (χ4v) is 4.41. The van der Waals surface area contributed by atoms with Gasteiger partial charge in [-0.3, -0.25) is 0 Å². The molecular weight excluding hydrogens is 331 g/mol. The molecule has 0 amide bonds. The molecule has 1 aliphatic rings. The number of piperidine rings is 1. The summed E-state index contributed by atoms with van der Waals surface area (Å²) < 4.78 is 28.1. The average molecular weight is 351 g/mol. The molecule has 0 radical (unpaired) electrons. The van der Waals surface area contributed by atoms with Crippen LogP contribution < -0.4 is 0 Å². The van der Waals surface area contributed by atoms with Crippen LogP contribution in [-0.2, 0) is 16.8 Å².